The first-order valence-electron chi connectivity index (χ1n) is 5.27. The molecule has 1 aliphatic heterocycles. The molecule has 1 atom stereocenters. The molecule has 0 aliphatic carbocycles. The summed E-state index contributed by atoms with van der Waals surface area (Å²) in [4.78, 5) is 1.26. The summed E-state index contributed by atoms with van der Waals surface area (Å²) in [6.07, 6.45) is 0.137. The number of nitrogens with zero attached hydrogens (tertiary/aromatic N) is 2. The molecule has 0 spiro atoms. The van der Waals surface area contributed by atoms with E-state index in [0.29, 0.717) is 13.2 Å². The SMILES string of the molecule is NCc1cc2n(n1)C[C@H](c1cccs1)OC2. The molecule has 3 heterocycles. The van der Waals surface area contributed by atoms with Crippen molar-refractivity contribution in [3.63, 3.8) is 0 Å². The van der Waals surface area contributed by atoms with Crippen LogP contribution in [0.5, 0.6) is 0 Å². The number of ether oxygens (including phenoxy) is 1. The van der Waals surface area contributed by atoms with Gasteiger partial charge in [-0.3, -0.25) is 4.68 Å². The number of hydrogen-bond acceptors (Lipinski definition) is 4. The topological polar surface area (TPSA) is 53.1 Å². The second-order valence-electron chi connectivity index (χ2n) is 3.83. The third-order valence-electron chi connectivity index (χ3n) is 2.75. The van der Waals surface area contributed by atoms with E-state index in [9.17, 15) is 0 Å². The van der Waals surface area contributed by atoms with Crippen LogP contribution in [0.15, 0.2) is 23.6 Å². The van der Waals surface area contributed by atoms with Crippen molar-refractivity contribution in [2.24, 2.45) is 5.73 Å². The first kappa shape index (κ1) is 10.0. The predicted octanol–water partition coefficient (Wildman–Crippen LogP) is 1.67. The fourth-order valence-electron chi connectivity index (χ4n) is 1.93. The van der Waals surface area contributed by atoms with Gasteiger partial charge in [-0.25, -0.2) is 0 Å². The van der Waals surface area contributed by atoms with Crippen molar-refractivity contribution in [1.82, 2.24) is 9.78 Å². The number of fused-ring (bicyclic) bond motifs is 1. The Balaban J connectivity index is 1.85. The Kier molecular flexibility index (Phi) is 2.51. The molecular weight excluding hydrogens is 222 g/mol. The molecule has 16 heavy (non-hydrogen) atoms. The molecule has 4 nitrogen and oxygen atoms in total. The molecule has 2 aromatic heterocycles. The number of aromatic nitrogens is 2. The highest BCUT2D eigenvalue weighted by Crippen LogP contribution is 2.29. The minimum atomic E-state index is 0.137. The third kappa shape index (κ3) is 1.67. The Morgan fingerprint density at radius 2 is 2.56 bits per heavy atom. The third-order valence-corrected chi connectivity index (χ3v) is 3.72. The highest BCUT2D eigenvalue weighted by molar-refractivity contribution is 7.10. The highest BCUT2D eigenvalue weighted by Gasteiger charge is 2.22. The number of rotatable bonds is 2. The molecule has 1 aliphatic rings. The van der Waals surface area contributed by atoms with Gasteiger partial charge in [0.15, 0.2) is 0 Å². The fourth-order valence-corrected chi connectivity index (χ4v) is 2.70. The summed E-state index contributed by atoms with van der Waals surface area (Å²) in [7, 11) is 0. The summed E-state index contributed by atoms with van der Waals surface area (Å²) in [5, 5.41) is 6.52. The largest absolute Gasteiger partial charge is 0.364 e. The van der Waals surface area contributed by atoms with Crippen molar-refractivity contribution >= 4 is 11.3 Å². The Morgan fingerprint density at radius 1 is 1.62 bits per heavy atom. The van der Waals surface area contributed by atoms with Gasteiger partial charge in [-0.05, 0) is 17.5 Å². The van der Waals surface area contributed by atoms with E-state index >= 15 is 0 Å². The van der Waals surface area contributed by atoms with Gasteiger partial charge in [-0.1, -0.05) is 6.07 Å². The van der Waals surface area contributed by atoms with Gasteiger partial charge in [0.25, 0.3) is 0 Å². The van der Waals surface area contributed by atoms with Crippen molar-refractivity contribution in [3.05, 3.63) is 39.8 Å². The molecule has 0 radical (unpaired) electrons. The lowest BCUT2D eigenvalue weighted by atomic mass is 10.2. The van der Waals surface area contributed by atoms with Crippen LogP contribution in [-0.2, 0) is 24.4 Å². The quantitative estimate of drug-likeness (QED) is 0.861. The summed E-state index contributed by atoms with van der Waals surface area (Å²) in [6.45, 7) is 1.90. The average Bonchev–Trinajstić information content (AvgIpc) is 2.96. The molecule has 0 amide bonds. The molecule has 2 N–H and O–H groups in total. The number of thiophene rings is 1. The Hall–Kier alpha value is -1.17. The fraction of sp³-hybridized carbons (Fsp3) is 0.364. The standard InChI is InChI=1S/C11H13N3OS/c12-5-8-4-9-7-15-10(6-14(9)13-8)11-2-1-3-16-11/h1-4,10H,5-7,12H2/t10-/m1/s1. The smallest absolute Gasteiger partial charge is 0.112 e. The summed E-state index contributed by atoms with van der Waals surface area (Å²) < 4.78 is 7.83. The van der Waals surface area contributed by atoms with Gasteiger partial charge >= 0.3 is 0 Å². The molecule has 0 fully saturated rings. The van der Waals surface area contributed by atoms with Crippen LogP contribution in [0.3, 0.4) is 0 Å². The van der Waals surface area contributed by atoms with Crippen LogP contribution >= 0.6 is 11.3 Å². The van der Waals surface area contributed by atoms with Crippen molar-refractivity contribution in [2.75, 3.05) is 0 Å². The first-order chi connectivity index (χ1) is 7.86. The van der Waals surface area contributed by atoms with Gasteiger partial charge in [0.1, 0.15) is 6.10 Å². The van der Waals surface area contributed by atoms with Crippen LogP contribution in [0.1, 0.15) is 22.4 Å². The van der Waals surface area contributed by atoms with Gasteiger partial charge in [0.2, 0.25) is 0 Å². The number of nitrogens with two attached hydrogens (primary N) is 1. The molecule has 2 aromatic rings. The van der Waals surface area contributed by atoms with Gasteiger partial charge < -0.3 is 10.5 Å². The highest BCUT2D eigenvalue weighted by atomic mass is 32.1. The van der Waals surface area contributed by atoms with Crippen molar-refractivity contribution < 1.29 is 4.74 Å². The minimum Gasteiger partial charge on any atom is -0.364 e. The van der Waals surface area contributed by atoms with E-state index in [1.54, 1.807) is 11.3 Å². The van der Waals surface area contributed by atoms with Gasteiger partial charge in [-0.15, -0.1) is 11.3 Å². The van der Waals surface area contributed by atoms with E-state index in [1.807, 2.05) is 16.8 Å². The van der Waals surface area contributed by atoms with Crippen molar-refractivity contribution in [1.29, 1.82) is 0 Å². The zero-order valence-corrected chi connectivity index (χ0v) is 9.61. The molecule has 0 saturated heterocycles. The van der Waals surface area contributed by atoms with E-state index in [1.165, 1.54) is 4.88 Å². The van der Waals surface area contributed by atoms with Crippen LogP contribution in [0.25, 0.3) is 0 Å². The second-order valence-corrected chi connectivity index (χ2v) is 4.81. The normalized spacial score (nSPS) is 19.7. The summed E-state index contributed by atoms with van der Waals surface area (Å²) in [6, 6.07) is 6.17. The van der Waals surface area contributed by atoms with Crippen molar-refractivity contribution in [2.45, 2.75) is 25.8 Å². The monoisotopic (exact) mass is 235 g/mol. The molecule has 0 unspecified atom stereocenters. The Bertz CT molecular complexity index is 477. The van der Waals surface area contributed by atoms with E-state index in [0.717, 1.165) is 17.9 Å². The minimum absolute atomic E-state index is 0.137. The summed E-state index contributed by atoms with van der Waals surface area (Å²) in [5.41, 5.74) is 7.63. The van der Waals surface area contributed by atoms with E-state index in [2.05, 4.69) is 16.5 Å². The molecule has 3 rings (SSSR count). The van der Waals surface area contributed by atoms with Crippen LogP contribution in [-0.4, -0.2) is 9.78 Å². The molecule has 0 aromatic carbocycles. The maximum Gasteiger partial charge on any atom is 0.112 e. The zero-order chi connectivity index (χ0) is 11.0. The lowest BCUT2D eigenvalue weighted by Crippen LogP contribution is -2.21. The van der Waals surface area contributed by atoms with E-state index in [4.69, 9.17) is 10.5 Å². The average molecular weight is 235 g/mol. The van der Waals surface area contributed by atoms with Gasteiger partial charge in [0.05, 0.1) is 24.5 Å². The second kappa shape index (κ2) is 4.01. The summed E-state index contributed by atoms with van der Waals surface area (Å²) in [5.74, 6) is 0. The van der Waals surface area contributed by atoms with Crippen molar-refractivity contribution in [3.8, 4) is 0 Å². The van der Waals surface area contributed by atoms with E-state index in [-0.39, 0.29) is 6.10 Å². The van der Waals surface area contributed by atoms with Crippen LogP contribution in [0.2, 0.25) is 0 Å². The Labute approximate surface area is 97.6 Å². The maximum absolute atomic E-state index is 5.82. The molecular formula is C11H13N3OS. The van der Waals surface area contributed by atoms with Crippen LogP contribution in [0, 0.1) is 0 Å². The van der Waals surface area contributed by atoms with Crippen LogP contribution < -0.4 is 5.73 Å². The molecule has 84 valence electrons. The maximum atomic E-state index is 5.82. The number of hydrogen-bond donors (Lipinski definition) is 1. The van der Waals surface area contributed by atoms with Gasteiger partial charge in [0, 0.05) is 11.4 Å². The first-order valence-corrected chi connectivity index (χ1v) is 6.15. The zero-order valence-electron chi connectivity index (χ0n) is 8.80. The Morgan fingerprint density at radius 3 is 3.31 bits per heavy atom. The summed E-state index contributed by atoms with van der Waals surface area (Å²) >= 11 is 1.73. The molecule has 5 heteroatoms. The molecule has 0 bridgehead atoms. The van der Waals surface area contributed by atoms with Crippen LogP contribution in [0.4, 0.5) is 0 Å². The van der Waals surface area contributed by atoms with Gasteiger partial charge in [-0.2, -0.15) is 5.10 Å². The molecule has 0 saturated carbocycles. The predicted molar refractivity (Wildman–Crippen MR) is 62.0 cm³/mol. The lowest BCUT2D eigenvalue weighted by Gasteiger charge is -2.23. The van der Waals surface area contributed by atoms with E-state index < -0.39 is 0 Å². The lowest BCUT2D eigenvalue weighted by molar-refractivity contribution is 0.000997.